The van der Waals surface area contributed by atoms with Gasteiger partial charge < -0.3 is 9.84 Å². The van der Waals surface area contributed by atoms with E-state index in [0.717, 1.165) is 29.4 Å². The molecule has 2 aromatic rings. The highest BCUT2D eigenvalue weighted by Gasteiger charge is 2.22. The number of nitrogens with one attached hydrogen (secondary N) is 1. The molecule has 1 heterocycles. The zero-order valence-corrected chi connectivity index (χ0v) is 14.4. The fourth-order valence-corrected chi connectivity index (χ4v) is 2.58. The SMILES string of the molecule is CCCNC(CC)C(C)c1nc(-c2ccc(Br)cc2)no1. The van der Waals surface area contributed by atoms with Crippen LogP contribution in [-0.2, 0) is 0 Å². The van der Waals surface area contributed by atoms with Gasteiger partial charge in [-0.25, -0.2) is 0 Å². The van der Waals surface area contributed by atoms with E-state index in [2.05, 4.69) is 52.2 Å². The lowest BCUT2D eigenvalue weighted by Crippen LogP contribution is -2.33. The number of hydrogen-bond donors (Lipinski definition) is 1. The van der Waals surface area contributed by atoms with Crippen LogP contribution in [0.25, 0.3) is 11.4 Å². The largest absolute Gasteiger partial charge is 0.339 e. The van der Waals surface area contributed by atoms with Crippen LogP contribution in [0, 0.1) is 0 Å². The summed E-state index contributed by atoms with van der Waals surface area (Å²) in [7, 11) is 0. The Morgan fingerprint density at radius 3 is 2.57 bits per heavy atom. The topological polar surface area (TPSA) is 51.0 Å². The highest BCUT2D eigenvalue weighted by molar-refractivity contribution is 9.10. The molecule has 0 saturated carbocycles. The zero-order valence-electron chi connectivity index (χ0n) is 12.8. The van der Waals surface area contributed by atoms with E-state index < -0.39 is 0 Å². The Balaban J connectivity index is 2.12. The maximum Gasteiger partial charge on any atom is 0.231 e. The van der Waals surface area contributed by atoms with E-state index in [9.17, 15) is 0 Å². The molecule has 0 aliphatic carbocycles. The van der Waals surface area contributed by atoms with E-state index in [1.807, 2.05) is 24.3 Å². The third-order valence-electron chi connectivity index (χ3n) is 3.63. The first kappa shape index (κ1) is 16.2. The Morgan fingerprint density at radius 2 is 1.95 bits per heavy atom. The van der Waals surface area contributed by atoms with Crippen molar-refractivity contribution in [3.63, 3.8) is 0 Å². The van der Waals surface area contributed by atoms with Gasteiger partial charge in [-0.3, -0.25) is 0 Å². The molecule has 114 valence electrons. The summed E-state index contributed by atoms with van der Waals surface area (Å²) in [6.45, 7) is 7.49. The van der Waals surface area contributed by atoms with E-state index in [4.69, 9.17) is 4.52 Å². The maximum absolute atomic E-state index is 5.46. The predicted octanol–water partition coefficient (Wildman–Crippen LogP) is 4.38. The van der Waals surface area contributed by atoms with Crippen LogP contribution in [0.3, 0.4) is 0 Å². The Kier molecular flexibility index (Phi) is 5.94. The molecule has 5 heteroatoms. The molecule has 4 nitrogen and oxygen atoms in total. The molecule has 0 radical (unpaired) electrons. The van der Waals surface area contributed by atoms with Crippen LogP contribution in [0.1, 0.15) is 45.4 Å². The summed E-state index contributed by atoms with van der Waals surface area (Å²) in [6, 6.07) is 8.29. The smallest absolute Gasteiger partial charge is 0.231 e. The lowest BCUT2D eigenvalue weighted by molar-refractivity contribution is 0.319. The summed E-state index contributed by atoms with van der Waals surface area (Å²) < 4.78 is 6.50. The van der Waals surface area contributed by atoms with Crippen molar-refractivity contribution < 1.29 is 4.52 Å². The molecule has 21 heavy (non-hydrogen) atoms. The van der Waals surface area contributed by atoms with E-state index in [1.165, 1.54) is 0 Å². The number of nitrogens with zero attached hydrogens (tertiary/aromatic N) is 2. The minimum absolute atomic E-state index is 0.207. The maximum atomic E-state index is 5.46. The van der Waals surface area contributed by atoms with Gasteiger partial charge in [0.05, 0.1) is 5.92 Å². The first-order valence-electron chi connectivity index (χ1n) is 7.48. The van der Waals surface area contributed by atoms with Crippen LogP contribution in [0.5, 0.6) is 0 Å². The first-order valence-corrected chi connectivity index (χ1v) is 8.27. The molecule has 0 spiro atoms. The van der Waals surface area contributed by atoms with Gasteiger partial charge in [-0.15, -0.1) is 0 Å². The molecule has 0 fully saturated rings. The van der Waals surface area contributed by atoms with Gasteiger partial charge in [0.1, 0.15) is 0 Å². The molecule has 1 aromatic heterocycles. The summed E-state index contributed by atoms with van der Waals surface area (Å²) in [6.07, 6.45) is 2.16. The average Bonchev–Trinajstić information content (AvgIpc) is 2.98. The van der Waals surface area contributed by atoms with Gasteiger partial charge in [-0.2, -0.15) is 4.98 Å². The van der Waals surface area contributed by atoms with Crippen LogP contribution in [0.4, 0.5) is 0 Å². The summed E-state index contributed by atoms with van der Waals surface area (Å²) in [5.41, 5.74) is 0.968. The average molecular weight is 352 g/mol. The van der Waals surface area contributed by atoms with Crippen LogP contribution in [0.15, 0.2) is 33.3 Å². The van der Waals surface area contributed by atoms with Crippen molar-refractivity contribution in [3.05, 3.63) is 34.6 Å². The van der Waals surface area contributed by atoms with Gasteiger partial charge in [0, 0.05) is 16.1 Å². The molecule has 1 aromatic carbocycles. The molecule has 2 rings (SSSR count). The van der Waals surface area contributed by atoms with Crippen LogP contribution in [-0.4, -0.2) is 22.7 Å². The molecule has 1 N–H and O–H groups in total. The van der Waals surface area contributed by atoms with Crippen molar-refractivity contribution in [1.82, 2.24) is 15.5 Å². The number of benzene rings is 1. The summed E-state index contributed by atoms with van der Waals surface area (Å²) in [5, 5.41) is 7.64. The zero-order chi connectivity index (χ0) is 15.2. The van der Waals surface area contributed by atoms with Gasteiger partial charge in [0.25, 0.3) is 0 Å². The second-order valence-electron chi connectivity index (χ2n) is 5.22. The Hall–Kier alpha value is -1.20. The molecule has 0 aliphatic heterocycles. The van der Waals surface area contributed by atoms with Gasteiger partial charge in [-0.05, 0) is 43.7 Å². The minimum atomic E-state index is 0.207. The van der Waals surface area contributed by atoms with Crippen molar-refractivity contribution in [3.8, 4) is 11.4 Å². The molecule has 2 unspecified atom stereocenters. The van der Waals surface area contributed by atoms with Crippen molar-refractivity contribution >= 4 is 15.9 Å². The summed E-state index contributed by atoms with van der Waals surface area (Å²) >= 11 is 3.43. The highest BCUT2D eigenvalue weighted by atomic mass is 79.9. The monoisotopic (exact) mass is 351 g/mol. The normalized spacial score (nSPS) is 14.1. The fourth-order valence-electron chi connectivity index (χ4n) is 2.31. The van der Waals surface area contributed by atoms with Crippen molar-refractivity contribution in [1.29, 1.82) is 0 Å². The summed E-state index contributed by atoms with van der Waals surface area (Å²) in [5.74, 6) is 1.55. The summed E-state index contributed by atoms with van der Waals surface area (Å²) in [4.78, 5) is 4.55. The molecule has 0 aliphatic rings. The Bertz CT molecular complexity index is 553. The van der Waals surface area contributed by atoms with Crippen molar-refractivity contribution in [2.24, 2.45) is 0 Å². The number of rotatable bonds is 7. The third kappa shape index (κ3) is 4.14. The molecule has 0 amide bonds. The lowest BCUT2D eigenvalue weighted by Gasteiger charge is -2.20. The third-order valence-corrected chi connectivity index (χ3v) is 4.16. The number of aromatic nitrogens is 2. The van der Waals surface area contributed by atoms with Crippen LogP contribution in [0.2, 0.25) is 0 Å². The predicted molar refractivity (Wildman–Crippen MR) is 88.2 cm³/mol. The van der Waals surface area contributed by atoms with Crippen molar-refractivity contribution in [2.45, 2.75) is 45.6 Å². The van der Waals surface area contributed by atoms with Crippen LogP contribution < -0.4 is 5.32 Å². The van der Waals surface area contributed by atoms with Gasteiger partial charge in [0.15, 0.2) is 0 Å². The molecule has 2 atom stereocenters. The van der Waals surface area contributed by atoms with E-state index in [-0.39, 0.29) is 5.92 Å². The fraction of sp³-hybridized carbons (Fsp3) is 0.500. The molecule has 0 bridgehead atoms. The van der Waals surface area contributed by atoms with Gasteiger partial charge in [0.2, 0.25) is 11.7 Å². The highest BCUT2D eigenvalue weighted by Crippen LogP contribution is 2.24. The second kappa shape index (κ2) is 7.71. The quantitative estimate of drug-likeness (QED) is 0.803. The Morgan fingerprint density at radius 1 is 1.24 bits per heavy atom. The Labute approximate surface area is 134 Å². The number of halogens is 1. The van der Waals surface area contributed by atoms with Gasteiger partial charge >= 0.3 is 0 Å². The molecular formula is C16H22BrN3O. The van der Waals surface area contributed by atoms with E-state index in [1.54, 1.807) is 0 Å². The van der Waals surface area contributed by atoms with E-state index in [0.29, 0.717) is 17.8 Å². The standard InChI is InChI=1S/C16H22BrN3O/c1-4-10-18-14(5-2)11(3)16-19-15(20-21-16)12-6-8-13(17)9-7-12/h6-9,11,14,18H,4-5,10H2,1-3H3. The van der Waals surface area contributed by atoms with Crippen LogP contribution >= 0.6 is 15.9 Å². The van der Waals surface area contributed by atoms with Gasteiger partial charge in [-0.1, -0.05) is 41.9 Å². The first-order chi connectivity index (χ1) is 10.2. The minimum Gasteiger partial charge on any atom is -0.339 e. The molecule has 0 saturated heterocycles. The van der Waals surface area contributed by atoms with E-state index >= 15 is 0 Å². The molecular weight excluding hydrogens is 330 g/mol. The second-order valence-corrected chi connectivity index (χ2v) is 6.14. The van der Waals surface area contributed by atoms with Crippen molar-refractivity contribution in [2.75, 3.05) is 6.54 Å². The number of hydrogen-bond acceptors (Lipinski definition) is 4. The lowest BCUT2D eigenvalue weighted by atomic mass is 9.99.